The SMILES string of the molecule is CCCCC(C#N)O[Si](C)(C)C(C)(C)C. The highest BCUT2D eigenvalue weighted by Gasteiger charge is 2.39. The molecule has 2 nitrogen and oxygen atoms in total. The molecule has 0 saturated heterocycles. The van der Waals surface area contributed by atoms with Crippen LogP contribution in [0.4, 0.5) is 0 Å². The van der Waals surface area contributed by atoms with Gasteiger partial charge in [0.05, 0.1) is 6.07 Å². The molecule has 0 rings (SSSR count). The molecule has 0 spiro atoms. The first-order chi connectivity index (χ1) is 6.74. The van der Waals surface area contributed by atoms with E-state index in [-0.39, 0.29) is 11.1 Å². The Morgan fingerprint density at radius 3 is 2.20 bits per heavy atom. The monoisotopic (exact) mass is 227 g/mol. The Balaban J connectivity index is 4.36. The fraction of sp³-hybridized carbons (Fsp3) is 0.917. The molecule has 0 aliphatic rings. The highest BCUT2D eigenvalue weighted by atomic mass is 28.4. The minimum absolute atomic E-state index is 0.189. The third-order valence-corrected chi connectivity index (χ3v) is 7.69. The van der Waals surface area contributed by atoms with Crippen LogP contribution in [0.25, 0.3) is 0 Å². The molecule has 0 N–H and O–H groups in total. The molecule has 0 heterocycles. The smallest absolute Gasteiger partial charge is 0.193 e. The van der Waals surface area contributed by atoms with Crippen LogP contribution < -0.4 is 0 Å². The average Bonchev–Trinajstić information content (AvgIpc) is 2.10. The van der Waals surface area contributed by atoms with Gasteiger partial charge in [-0.15, -0.1) is 0 Å². The predicted molar refractivity (Wildman–Crippen MR) is 67.2 cm³/mol. The summed E-state index contributed by atoms with van der Waals surface area (Å²) in [6.07, 6.45) is 2.87. The highest BCUT2D eigenvalue weighted by molar-refractivity contribution is 6.74. The van der Waals surface area contributed by atoms with E-state index in [4.69, 9.17) is 9.69 Å². The molecule has 0 aromatic heterocycles. The van der Waals surface area contributed by atoms with E-state index < -0.39 is 8.32 Å². The van der Waals surface area contributed by atoms with Crippen molar-refractivity contribution in [1.82, 2.24) is 0 Å². The number of hydrogen-bond acceptors (Lipinski definition) is 2. The van der Waals surface area contributed by atoms with Crippen molar-refractivity contribution < 1.29 is 4.43 Å². The molecule has 88 valence electrons. The summed E-state index contributed by atoms with van der Waals surface area (Å²) in [6.45, 7) is 13.1. The summed E-state index contributed by atoms with van der Waals surface area (Å²) in [5, 5.41) is 9.22. The van der Waals surface area contributed by atoms with Crippen LogP contribution in [0.3, 0.4) is 0 Å². The number of unbranched alkanes of at least 4 members (excludes halogenated alkanes) is 1. The zero-order valence-corrected chi connectivity index (χ0v) is 12.1. The van der Waals surface area contributed by atoms with Gasteiger partial charge in [0.15, 0.2) is 8.32 Å². The molecule has 0 aromatic rings. The Morgan fingerprint density at radius 1 is 1.33 bits per heavy atom. The van der Waals surface area contributed by atoms with Crippen molar-refractivity contribution in [3.63, 3.8) is 0 Å². The van der Waals surface area contributed by atoms with Gasteiger partial charge in [-0.05, 0) is 24.6 Å². The van der Waals surface area contributed by atoms with E-state index in [1.807, 2.05) is 0 Å². The number of nitriles is 1. The van der Waals surface area contributed by atoms with Crippen LogP contribution in [0, 0.1) is 11.3 Å². The molecule has 0 amide bonds. The maximum Gasteiger partial charge on any atom is 0.193 e. The molecular weight excluding hydrogens is 202 g/mol. The molecule has 0 fully saturated rings. The van der Waals surface area contributed by atoms with Gasteiger partial charge in [0, 0.05) is 0 Å². The lowest BCUT2D eigenvalue weighted by Crippen LogP contribution is -2.43. The number of hydrogen-bond donors (Lipinski definition) is 0. The third-order valence-electron chi connectivity index (χ3n) is 3.21. The number of nitrogens with zero attached hydrogens (tertiary/aromatic N) is 1. The fourth-order valence-electron chi connectivity index (χ4n) is 1.07. The Morgan fingerprint density at radius 2 is 1.87 bits per heavy atom. The van der Waals surface area contributed by atoms with E-state index in [0.717, 1.165) is 19.3 Å². The van der Waals surface area contributed by atoms with Gasteiger partial charge in [0.1, 0.15) is 6.10 Å². The van der Waals surface area contributed by atoms with Gasteiger partial charge >= 0.3 is 0 Å². The van der Waals surface area contributed by atoms with E-state index in [1.165, 1.54) is 0 Å². The first-order valence-electron chi connectivity index (χ1n) is 5.82. The Bertz CT molecular complexity index is 225. The normalized spacial score (nSPS) is 14.7. The van der Waals surface area contributed by atoms with Crippen LogP contribution in [0.1, 0.15) is 47.0 Å². The molecule has 1 atom stereocenters. The molecular formula is C12H25NOSi. The molecule has 15 heavy (non-hydrogen) atoms. The Labute approximate surface area is 95.8 Å². The van der Waals surface area contributed by atoms with Crippen molar-refractivity contribution in [2.45, 2.75) is 71.2 Å². The molecule has 0 aromatic carbocycles. The quantitative estimate of drug-likeness (QED) is 0.663. The Kier molecular flexibility index (Phi) is 5.54. The summed E-state index contributed by atoms with van der Waals surface area (Å²) < 4.78 is 6.03. The van der Waals surface area contributed by atoms with Crippen molar-refractivity contribution in [1.29, 1.82) is 5.26 Å². The largest absolute Gasteiger partial charge is 0.401 e. The molecule has 3 heteroatoms. The van der Waals surface area contributed by atoms with E-state index in [0.29, 0.717) is 0 Å². The maximum absolute atomic E-state index is 9.03. The molecule has 1 unspecified atom stereocenters. The third kappa shape index (κ3) is 4.81. The summed E-state index contributed by atoms with van der Waals surface area (Å²) in [6, 6.07) is 2.28. The molecule has 0 aliphatic carbocycles. The molecule has 0 aliphatic heterocycles. The summed E-state index contributed by atoms with van der Waals surface area (Å²) in [4.78, 5) is 0. The standard InChI is InChI=1S/C12H25NOSi/c1-7-8-9-11(10-13)14-15(5,6)12(2,3)4/h11H,7-9H2,1-6H3. The summed E-state index contributed by atoms with van der Waals surface area (Å²) in [7, 11) is -1.76. The van der Waals surface area contributed by atoms with Gasteiger partial charge in [-0.3, -0.25) is 0 Å². The lowest BCUT2D eigenvalue weighted by atomic mass is 10.2. The fourth-order valence-corrected chi connectivity index (χ4v) is 2.31. The van der Waals surface area contributed by atoms with Gasteiger partial charge in [-0.2, -0.15) is 5.26 Å². The minimum atomic E-state index is -1.76. The van der Waals surface area contributed by atoms with Crippen molar-refractivity contribution in [3.05, 3.63) is 0 Å². The van der Waals surface area contributed by atoms with Crippen LogP contribution in [0.5, 0.6) is 0 Å². The minimum Gasteiger partial charge on any atom is -0.401 e. The van der Waals surface area contributed by atoms with Crippen molar-refractivity contribution in [2.24, 2.45) is 0 Å². The second kappa shape index (κ2) is 5.67. The zero-order valence-electron chi connectivity index (χ0n) is 11.1. The zero-order chi connectivity index (χ0) is 12.1. The van der Waals surface area contributed by atoms with E-state index in [9.17, 15) is 0 Å². The lowest BCUT2D eigenvalue weighted by molar-refractivity contribution is 0.218. The molecule has 0 bridgehead atoms. The van der Waals surface area contributed by atoms with Crippen LogP contribution >= 0.6 is 0 Å². The van der Waals surface area contributed by atoms with E-state index in [1.54, 1.807) is 0 Å². The van der Waals surface area contributed by atoms with E-state index >= 15 is 0 Å². The lowest BCUT2D eigenvalue weighted by Gasteiger charge is -2.37. The molecule has 0 radical (unpaired) electrons. The summed E-state index contributed by atoms with van der Waals surface area (Å²) in [5.41, 5.74) is 0. The second-order valence-corrected chi connectivity index (χ2v) is 10.4. The van der Waals surface area contributed by atoms with Crippen LogP contribution in [0.2, 0.25) is 18.1 Å². The summed E-state index contributed by atoms with van der Waals surface area (Å²) in [5.74, 6) is 0. The van der Waals surface area contributed by atoms with Crippen LogP contribution in [-0.4, -0.2) is 14.4 Å². The van der Waals surface area contributed by atoms with Crippen LogP contribution in [0.15, 0.2) is 0 Å². The highest BCUT2D eigenvalue weighted by Crippen LogP contribution is 2.37. The van der Waals surface area contributed by atoms with Gasteiger partial charge in [0.25, 0.3) is 0 Å². The second-order valence-electron chi connectivity index (χ2n) is 5.64. The van der Waals surface area contributed by atoms with Crippen molar-refractivity contribution in [2.75, 3.05) is 0 Å². The van der Waals surface area contributed by atoms with Crippen LogP contribution in [-0.2, 0) is 4.43 Å². The summed E-state index contributed by atoms with van der Waals surface area (Å²) >= 11 is 0. The van der Waals surface area contributed by atoms with Crippen molar-refractivity contribution in [3.8, 4) is 6.07 Å². The van der Waals surface area contributed by atoms with Gasteiger partial charge in [0.2, 0.25) is 0 Å². The number of rotatable bonds is 5. The van der Waals surface area contributed by atoms with Gasteiger partial charge < -0.3 is 4.43 Å². The maximum atomic E-state index is 9.03. The average molecular weight is 227 g/mol. The van der Waals surface area contributed by atoms with E-state index in [2.05, 4.69) is 46.9 Å². The first kappa shape index (κ1) is 14.7. The predicted octanol–water partition coefficient (Wildman–Crippen LogP) is 4.09. The topological polar surface area (TPSA) is 33.0 Å². The van der Waals surface area contributed by atoms with Gasteiger partial charge in [-0.1, -0.05) is 40.5 Å². The first-order valence-corrected chi connectivity index (χ1v) is 8.73. The molecule has 0 saturated carbocycles. The Hall–Kier alpha value is -0.333. The van der Waals surface area contributed by atoms with Gasteiger partial charge in [-0.25, -0.2) is 0 Å². The van der Waals surface area contributed by atoms with Crippen molar-refractivity contribution >= 4 is 8.32 Å².